The summed E-state index contributed by atoms with van der Waals surface area (Å²) in [5.41, 5.74) is -1.19. The summed E-state index contributed by atoms with van der Waals surface area (Å²) in [5, 5.41) is 9.02. The SMILES string of the molecule is CCOC(O)C=C(CC(=O)OC)C(F)(F)F. The van der Waals surface area contributed by atoms with E-state index in [-0.39, 0.29) is 6.61 Å². The highest BCUT2D eigenvalue weighted by atomic mass is 19.4. The number of aliphatic hydroxyl groups is 1. The van der Waals surface area contributed by atoms with E-state index in [1.807, 2.05) is 0 Å². The smallest absolute Gasteiger partial charge is 0.413 e. The van der Waals surface area contributed by atoms with Crippen molar-refractivity contribution in [2.75, 3.05) is 13.7 Å². The summed E-state index contributed by atoms with van der Waals surface area (Å²) < 4.78 is 45.7. The monoisotopic (exact) mass is 242 g/mol. The van der Waals surface area contributed by atoms with Crippen molar-refractivity contribution < 1.29 is 32.5 Å². The van der Waals surface area contributed by atoms with Gasteiger partial charge in [-0.1, -0.05) is 0 Å². The van der Waals surface area contributed by atoms with Gasteiger partial charge in [0.05, 0.1) is 13.5 Å². The molecule has 4 nitrogen and oxygen atoms in total. The number of alkyl halides is 3. The van der Waals surface area contributed by atoms with Crippen LogP contribution in [0, 0.1) is 0 Å². The molecule has 0 aliphatic rings. The molecule has 0 heterocycles. The number of ether oxygens (including phenoxy) is 2. The fourth-order valence-electron chi connectivity index (χ4n) is 0.872. The number of carbonyl (C=O) groups is 1. The highest BCUT2D eigenvalue weighted by molar-refractivity contribution is 5.72. The zero-order chi connectivity index (χ0) is 12.8. The molecule has 1 N–H and O–H groups in total. The van der Waals surface area contributed by atoms with Gasteiger partial charge >= 0.3 is 12.1 Å². The molecule has 0 bridgehead atoms. The summed E-state index contributed by atoms with van der Waals surface area (Å²) in [7, 11) is 0.981. The van der Waals surface area contributed by atoms with Crippen molar-refractivity contribution in [3.63, 3.8) is 0 Å². The lowest BCUT2D eigenvalue weighted by molar-refractivity contribution is -0.143. The van der Waals surface area contributed by atoms with Gasteiger partial charge in [0.2, 0.25) is 0 Å². The fraction of sp³-hybridized carbons (Fsp3) is 0.667. The lowest BCUT2D eigenvalue weighted by Gasteiger charge is -2.13. The van der Waals surface area contributed by atoms with Crippen LogP contribution in [-0.2, 0) is 14.3 Å². The van der Waals surface area contributed by atoms with Gasteiger partial charge in [-0.3, -0.25) is 4.79 Å². The Balaban J connectivity index is 4.74. The van der Waals surface area contributed by atoms with Gasteiger partial charge < -0.3 is 14.6 Å². The first-order valence-corrected chi connectivity index (χ1v) is 4.45. The molecule has 0 spiro atoms. The van der Waals surface area contributed by atoms with E-state index in [1.165, 1.54) is 6.92 Å². The average Bonchev–Trinajstić information content (AvgIpc) is 2.15. The Hall–Kier alpha value is -1.08. The Morgan fingerprint density at radius 2 is 2.06 bits per heavy atom. The number of hydrogen-bond donors (Lipinski definition) is 1. The van der Waals surface area contributed by atoms with Gasteiger partial charge in [-0.25, -0.2) is 0 Å². The van der Waals surface area contributed by atoms with Crippen molar-refractivity contribution in [2.45, 2.75) is 25.8 Å². The number of rotatable bonds is 5. The summed E-state index contributed by atoms with van der Waals surface area (Å²) in [4.78, 5) is 10.7. The van der Waals surface area contributed by atoms with E-state index in [1.54, 1.807) is 0 Å². The van der Waals surface area contributed by atoms with Gasteiger partial charge in [-0.05, 0) is 13.0 Å². The van der Waals surface area contributed by atoms with Crippen LogP contribution in [0.4, 0.5) is 13.2 Å². The summed E-state index contributed by atoms with van der Waals surface area (Å²) in [5.74, 6) is -1.03. The maximum atomic E-state index is 12.4. The number of carbonyl (C=O) groups excluding carboxylic acids is 1. The zero-order valence-corrected chi connectivity index (χ0v) is 8.87. The van der Waals surface area contributed by atoms with Crippen LogP contribution in [0.5, 0.6) is 0 Å². The molecule has 0 aromatic heterocycles. The van der Waals surface area contributed by atoms with E-state index in [2.05, 4.69) is 9.47 Å². The summed E-state index contributed by atoms with van der Waals surface area (Å²) in [6.45, 7) is 1.58. The van der Waals surface area contributed by atoms with Gasteiger partial charge in [0.25, 0.3) is 0 Å². The normalized spacial score (nSPS) is 14.8. The van der Waals surface area contributed by atoms with Crippen molar-refractivity contribution in [3.05, 3.63) is 11.6 Å². The van der Waals surface area contributed by atoms with Crippen LogP contribution in [-0.4, -0.2) is 37.3 Å². The van der Waals surface area contributed by atoms with Gasteiger partial charge in [-0.2, -0.15) is 13.2 Å². The zero-order valence-electron chi connectivity index (χ0n) is 8.87. The van der Waals surface area contributed by atoms with Crippen molar-refractivity contribution in [1.82, 2.24) is 0 Å². The van der Waals surface area contributed by atoms with Crippen LogP contribution >= 0.6 is 0 Å². The lowest BCUT2D eigenvalue weighted by Crippen LogP contribution is -2.20. The standard InChI is InChI=1S/C9H13F3O4/c1-3-16-8(14)5-6(9(10,11)12)4-7(13)15-2/h5,8,14H,3-4H2,1-2H3. The quantitative estimate of drug-likeness (QED) is 0.449. The first-order valence-electron chi connectivity index (χ1n) is 4.45. The molecule has 94 valence electrons. The van der Waals surface area contributed by atoms with Crippen LogP contribution in [0.15, 0.2) is 11.6 Å². The molecule has 1 unspecified atom stereocenters. The third-order valence-electron chi connectivity index (χ3n) is 1.61. The average molecular weight is 242 g/mol. The molecule has 0 fully saturated rings. The molecule has 0 rings (SSSR count). The van der Waals surface area contributed by atoms with Crippen LogP contribution in [0.1, 0.15) is 13.3 Å². The summed E-state index contributed by atoms with van der Waals surface area (Å²) in [6.07, 6.45) is -6.90. The molecule has 0 saturated carbocycles. The molecular weight excluding hydrogens is 229 g/mol. The second kappa shape index (κ2) is 6.49. The third kappa shape index (κ3) is 5.72. The Labute approximate surface area is 90.6 Å². The van der Waals surface area contributed by atoms with Crippen molar-refractivity contribution >= 4 is 5.97 Å². The van der Waals surface area contributed by atoms with E-state index in [0.717, 1.165) is 7.11 Å². The lowest BCUT2D eigenvalue weighted by atomic mass is 10.1. The topological polar surface area (TPSA) is 55.8 Å². The molecule has 16 heavy (non-hydrogen) atoms. The van der Waals surface area contributed by atoms with E-state index < -0.39 is 30.4 Å². The van der Waals surface area contributed by atoms with Crippen LogP contribution in [0.3, 0.4) is 0 Å². The van der Waals surface area contributed by atoms with Crippen molar-refractivity contribution in [2.24, 2.45) is 0 Å². The first-order chi connectivity index (χ1) is 7.31. The van der Waals surface area contributed by atoms with Crippen molar-refractivity contribution in [3.8, 4) is 0 Å². The summed E-state index contributed by atoms with van der Waals surface area (Å²) >= 11 is 0. The minimum absolute atomic E-state index is 0.0566. The number of aliphatic hydroxyl groups excluding tert-OH is 1. The third-order valence-corrected chi connectivity index (χ3v) is 1.61. The number of methoxy groups -OCH3 is 1. The van der Waals surface area contributed by atoms with Gasteiger partial charge in [0, 0.05) is 12.2 Å². The Morgan fingerprint density at radius 1 is 1.50 bits per heavy atom. The molecule has 7 heteroatoms. The maximum absolute atomic E-state index is 12.4. The molecule has 1 atom stereocenters. The fourth-order valence-corrected chi connectivity index (χ4v) is 0.872. The van der Waals surface area contributed by atoms with Crippen LogP contribution < -0.4 is 0 Å². The largest absolute Gasteiger partial charge is 0.469 e. The number of esters is 1. The van der Waals surface area contributed by atoms with E-state index >= 15 is 0 Å². The van der Waals surface area contributed by atoms with E-state index in [9.17, 15) is 18.0 Å². The molecular formula is C9H13F3O4. The second-order valence-corrected chi connectivity index (χ2v) is 2.79. The van der Waals surface area contributed by atoms with Gasteiger partial charge in [0.1, 0.15) is 0 Å². The molecule has 0 aliphatic carbocycles. The number of hydrogen-bond acceptors (Lipinski definition) is 4. The predicted molar refractivity (Wildman–Crippen MR) is 48.4 cm³/mol. The molecule has 0 aromatic rings. The molecule has 0 amide bonds. The highest BCUT2D eigenvalue weighted by Gasteiger charge is 2.35. The first kappa shape index (κ1) is 14.9. The highest BCUT2D eigenvalue weighted by Crippen LogP contribution is 2.28. The molecule has 0 aromatic carbocycles. The molecule has 0 aliphatic heterocycles. The Bertz CT molecular complexity index is 260. The minimum atomic E-state index is -4.70. The predicted octanol–water partition coefficient (Wildman–Crippen LogP) is 1.39. The Morgan fingerprint density at radius 3 is 2.44 bits per heavy atom. The number of halogens is 3. The summed E-state index contributed by atoms with van der Waals surface area (Å²) in [6, 6.07) is 0. The Kier molecular flexibility index (Phi) is 6.05. The van der Waals surface area contributed by atoms with Gasteiger partial charge in [0.15, 0.2) is 6.29 Å². The van der Waals surface area contributed by atoms with Gasteiger partial charge in [-0.15, -0.1) is 0 Å². The van der Waals surface area contributed by atoms with E-state index in [4.69, 9.17) is 5.11 Å². The molecule has 0 radical (unpaired) electrons. The van der Waals surface area contributed by atoms with E-state index in [0.29, 0.717) is 6.08 Å². The minimum Gasteiger partial charge on any atom is -0.469 e. The molecule has 0 saturated heterocycles. The maximum Gasteiger partial charge on any atom is 0.413 e. The van der Waals surface area contributed by atoms with Crippen molar-refractivity contribution in [1.29, 1.82) is 0 Å². The van der Waals surface area contributed by atoms with Crippen LogP contribution in [0.25, 0.3) is 0 Å². The second-order valence-electron chi connectivity index (χ2n) is 2.79. The van der Waals surface area contributed by atoms with Crippen LogP contribution in [0.2, 0.25) is 0 Å².